The Balaban J connectivity index is 1.27. The Labute approximate surface area is 187 Å². The molecule has 1 saturated heterocycles. The van der Waals surface area contributed by atoms with E-state index in [4.69, 9.17) is 4.74 Å². The van der Waals surface area contributed by atoms with Crippen molar-refractivity contribution in [2.75, 3.05) is 0 Å². The number of amides is 2. The number of aromatic nitrogens is 2. The second kappa shape index (κ2) is 7.97. The summed E-state index contributed by atoms with van der Waals surface area (Å²) in [6.07, 6.45) is 4.74. The highest BCUT2D eigenvalue weighted by Gasteiger charge is 2.51. The van der Waals surface area contributed by atoms with Crippen LogP contribution in [0.2, 0.25) is 0 Å². The van der Waals surface area contributed by atoms with Crippen molar-refractivity contribution in [2.45, 2.75) is 63.3 Å². The molecule has 7 heteroatoms. The van der Waals surface area contributed by atoms with Gasteiger partial charge < -0.3 is 10.1 Å². The van der Waals surface area contributed by atoms with Gasteiger partial charge in [0.25, 0.3) is 5.91 Å². The van der Waals surface area contributed by atoms with E-state index in [0.717, 1.165) is 42.1 Å². The quantitative estimate of drug-likeness (QED) is 0.632. The molecule has 2 N–H and O–H groups in total. The molecular formula is C25H28N4O3. The van der Waals surface area contributed by atoms with Gasteiger partial charge in [-0.05, 0) is 57.2 Å². The Kier molecular flexibility index (Phi) is 5.12. The molecule has 2 heterocycles. The van der Waals surface area contributed by atoms with Gasteiger partial charge in [0.05, 0.1) is 23.3 Å². The summed E-state index contributed by atoms with van der Waals surface area (Å²) >= 11 is 0. The van der Waals surface area contributed by atoms with Gasteiger partial charge in [0.2, 0.25) is 0 Å². The lowest BCUT2D eigenvalue weighted by Crippen LogP contribution is -2.46. The van der Waals surface area contributed by atoms with Crippen molar-refractivity contribution in [3.63, 3.8) is 0 Å². The zero-order valence-electron chi connectivity index (χ0n) is 18.4. The lowest BCUT2D eigenvalue weighted by atomic mass is 9.86. The van der Waals surface area contributed by atoms with Crippen LogP contribution in [-0.4, -0.2) is 44.8 Å². The fraction of sp³-hybridized carbons (Fsp3) is 0.400. The molecule has 0 radical (unpaired) electrons. The average molecular weight is 433 g/mol. The van der Waals surface area contributed by atoms with Crippen molar-refractivity contribution >= 4 is 22.9 Å². The van der Waals surface area contributed by atoms with E-state index in [1.807, 2.05) is 55.1 Å². The molecule has 3 aromatic rings. The maximum atomic E-state index is 12.9. The minimum absolute atomic E-state index is 0.0793. The number of rotatable bonds is 4. The van der Waals surface area contributed by atoms with Crippen LogP contribution in [0.15, 0.2) is 54.7 Å². The van der Waals surface area contributed by atoms with Crippen molar-refractivity contribution in [3.8, 4) is 0 Å². The van der Waals surface area contributed by atoms with E-state index in [1.165, 1.54) is 0 Å². The van der Waals surface area contributed by atoms with Crippen LogP contribution in [-0.2, 0) is 4.74 Å². The van der Waals surface area contributed by atoms with E-state index in [2.05, 4.69) is 27.6 Å². The molecule has 2 aromatic carbocycles. The van der Waals surface area contributed by atoms with Gasteiger partial charge in [-0.15, -0.1) is 0 Å². The highest BCUT2D eigenvalue weighted by Crippen LogP contribution is 2.44. The minimum atomic E-state index is -0.590. The number of carbonyl (C=O) groups excluding carboxylic acids is 2. The monoisotopic (exact) mass is 432 g/mol. The first-order chi connectivity index (χ1) is 15.4. The van der Waals surface area contributed by atoms with E-state index in [9.17, 15) is 9.59 Å². The van der Waals surface area contributed by atoms with Gasteiger partial charge in [0, 0.05) is 17.5 Å². The molecule has 2 amide bonds. The molecule has 32 heavy (non-hydrogen) atoms. The number of hydrogen-bond acceptors (Lipinski definition) is 4. The summed E-state index contributed by atoms with van der Waals surface area (Å²) in [5, 5.41) is 11.0. The fourth-order valence-corrected chi connectivity index (χ4v) is 5.26. The second-order valence-electron chi connectivity index (χ2n) is 9.31. The Morgan fingerprint density at radius 3 is 2.59 bits per heavy atom. The highest BCUT2D eigenvalue weighted by molar-refractivity contribution is 6.06. The van der Waals surface area contributed by atoms with Gasteiger partial charge in [0.1, 0.15) is 5.60 Å². The molecule has 5 rings (SSSR count). The van der Waals surface area contributed by atoms with Gasteiger partial charge in [-0.2, -0.15) is 5.10 Å². The third kappa shape index (κ3) is 3.61. The topological polar surface area (TPSA) is 87.3 Å². The van der Waals surface area contributed by atoms with Crippen molar-refractivity contribution in [1.29, 1.82) is 0 Å². The summed E-state index contributed by atoms with van der Waals surface area (Å²) in [5.74, 6) is -0.0793. The van der Waals surface area contributed by atoms with Gasteiger partial charge in [0.15, 0.2) is 0 Å². The van der Waals surface area contributed by atoms with Crippen molar-refractivity contribution in [2.24, 2.45) is 0 Å². The molecule has 7 nitrogen and oxygen atoms in total. The first kappa shape index (κ1) is 20.5. The van der Waals surface area contributed by atoms with Crippen molar-refractivity contribution < 1.29 is 14.3 Å². The molecular weight excluding hydrogens is 404 g/mol. The summed E-state index contributed by atoms with van der Waals surface area (Å²) in [6, 6.07) is 15.8. The van der Waals surface area contributed by atoms with Crippen LogP contribution in [0, 0.1) is 0 Å². The number of ether oxygens (including phenoxy) is 1. The Morgan fingerprint density at radius 1 is 1.09 bits per heavy atom. The van der Waals surface area contributed by atoms with E-state index in [-0.39, 0.29) is 30.1 Å². The summed E-state index contributed by atoms with van der Waals surface area (Å²) in [4.78, 5) is 27.7. The minimum Gasteiger partial charge on any atom is -0.441 e. The third-order valence-corrected chi connectivity index (χ3v) is 6.77. The smallest absolute Gasteiger partial charge is 0.411 e. The maximum absolute atomic E-state index is 12.9. The van der Waals surface area contributed by atoms with Crippen LogP contribution in [0.25, 0.3) is 10.9 Å². The molecule has 2 aliphatic rings. The van der Waals surface area contributed by atoms with Crippen LogP contribution < -0.4 is 5.32 Å². The highest BCUT2D eigenvalue weighted by atomic mass is 16.6. The van der Waals surface area contributed by atoms with E-state index < -0.39 is 5.60 Å². The number of fused-ring (bicyclic) bond motifs is 1. The molecule has 2 fully saturated rings. The Morgan fingerprint density at radius 2 is 1.84 bits per heavy atom. The predicted molar refractivity (Wildman–Crippen MR) is 121 cm³/mol. The predicted octanol–water partition coefficient (Wildman–Crippen LogP) is 4.58. The molecule has 0 spiro atoms. The normalized spacial score (nSPS) is 25.0. The number of aromatic amines is 1. The molecule has 1 atom stereocenters. The van der Waals surface area contributed by atoms with Gasteiger partial charge >= 0.3 is 6.09 Å². The molecule has 1 aliphatic carbocycles. The van der Waals surface area contributed by atoms with Crippen LogP contribution >= 0.6 is 0 Å². The van der Waals surface area contributed by atoms with Crippen molar-refractivity contribution in [1.82, 2.24) is 20.4 Å². The Hall–Kier alpha value is -3.35. The van der Waals surface area contributed by atoms with Gasteiger partial charge in [-0.25, -0.2) is 4.79 Å². The summed E-state index contributed by atoms with van der Waals surface area (Å²) in [7, 11) is 0. The third-order valence-electron chi connectivity index (χ3n) is 6.77. The first-order valence-electron chi connectivity index (χ1n) is 11.2. The van der Waals surface area contributed by atoms with E-state index >= 15 is 0 Å². The zero-order valence-corrected chi connectivity index (χ0v) is 18.4. The lowest BCUT2D eigenvalue weighted by molar-refractivity contribution is 0.0663. The molecule has 1 saturated carbocycles. The zero-order chi connectivity index (χ0) is 22.3. The van der Waals surface area contributed by atoms with Crippen molar-refractivity contribution in [3.05, 3.63) is 65.9 Å². The molecule has 0 unspecified atom stereocenters. The summed E-state index contributed by atoms with van der Waals surface area (Å²) in [5.41, 5.74) is 1.98. The summed E-state index contributed by atoms with van der Waals surface area (Å²) in [6.45, 7) is 3.95. The number of nitrogens with one attached hydrogen (secondary N) is 2. The lowest BCUT2D eigenvalue weighted by Gasteiger charge is -2.38. The standard InChI is InChI=1S/C25H28N4O3/c1-25(2)22(16-7-4-3-5-8-16)29(24(31)32-25)18-13-11-17(12-14-18)27-23(30)19-9-6-10-21-20(19)15-26-28-21/h3-10,15,17-18,22H,11-14H2,1-2H3,(H,26,28)(H,27,30)/t17-,18-,22-/m0/s1. The molecule has 166 valence electrons. The molecule has 1 aromatic heterocycles. The number of nitrogens with zero attached hydrogens (tertiary/aromatic N) is 2. The van der Waals surface area contributed by atoms with Gasteiger partial charge in [-0.1, -0.05) is 36.4 Å². The van der Waals surface area contributed by atoms with Crippen LogP contribution in [0.3, 0.4) is 0 Å². The van der Waals surface area contributed by atoms with Gasteiger partial charge in [-0.3, -0.25) is 14.8 Å². The number of hydrogen-bond donors (Lipinski definition) is 2. The summed E-state index contributed by atoms with van der Waals surface area (Å²) < 4.78 is 5.77. The van der Waals surface area contributed by atoms with E-state index in [0.29, 0.717) is 5.56 Å². The SMILES string of the molecule is CC1(C)OC(=O)N([C@H]2CC[C@H](NC(=O)c3cccc4[nH]ncc34)CC2)[C@H]1c1ccccc1. The van der Waals surface area contributed by atoms with Crippen LogP contribution in [0.4, 0.5) is 4.79 Å². The van der Waals surface area contributed by atoms with Crippen LogP contribution in [0.5, 0.6) is 0 Å². The van der Waals surface area contributed by atoms with E-state index in [1.54, 1.807) is 6.20 Å². The molecule has 1 aliphatic heterocycles. The Bertz CT molecular complexity index is 1130. The maximum Gasteiger partial charge on any atom is 0.411 e. The fourth-order valence-electron chi connectivity index (χ4n) is 5.26. The number of benzene rings is 2. The number of H-pyrrole nitrogens is 1. The second-order valence-corrected chi connectivity index (χ2v) is 9.31. The first-order valence-corrected chi connectivity index (χ1v) is 11.2. The molecule has 0 bridgehead atoms. The average Bonchev–Trinajstić information content (AvgIpc) is 3.35. The number of cyclic esters (lactones) is 1. The largest absolute Gasteiger partial charge is 0.441 e. The van der Waals surface area contributed by atoms with Crippen LogP contribution in [0.1, 0.15) is 61.5 Å². The number of carbonyl (C=O) groups is 2.